The Morgan fingerprint density at radius 1 is 1.41 bits per heavy atom. The lowest BCUT2D eigenvalue weighted by molar-refractivity contribution is 0.0692. The normalized spacial score (nSPS) is 10.2. The SMILES string of the molecule is CNc1nc(C(=O)O)c(-c2ccc(F)cc2)s1. The van der Waals surface area contributed by atoms with Crippen molar-refractivity contribution in [1.82, 2.24) is 4.98 Å². The minimum absolute atomic E-state index is 0.0223. The first-order valence-electron chi connectivity index (χ1n) is 4.79. The molecule has 2 N–H and O–H groups in total. The fourth-order valence-corrected chi connectivity index (χ4v) is 2.28. The minimum Gasteiger partial charge on any atom is -0.476 e. The molecule has 0 bridgehead atoms. The van der Waals surface area contributed by atoms with Gasteiger partial charge in [0.25, 0.3) is 0 Å². The summed E-state index contributed by atoms with van der Waals surface area (Å²) in [6, 6.07) is 5.66. The first-order valence-corrected chi connectivity index (χ1v) is 5.61. The molecule has 0 spiro atoms. The molecule has 1 heterocycles. The second kappa shape index (κ2) is 4.50. The van der Waals surface area contributed by atoms with E-state index >= 15 is 0 Å². The van der Waals surface area contributed by atoms with Crippen LogP contribution in [-0.2, 0) is 0 Å². The van der Waals surface area contributed by atoms with Crippen molar-refractivity contribution in [3.05, 3.63) is 35.8 Å². The lowest BCUT2D eigenvalue weighted by Gasteiger charge is -1.98. The number of carboxylic acids is 1. The highest BCUT2D eigenvalue weighted by molar-refractivity contribution is 7.19. The number of aromatic nitrogens is 1. The van der Waals surface area contributed by atoms with Crippen LogP contribution in [0.3, 0.4) is 0 Å². The molecular weight excluding hydrogens is 243 g/mol. The summed E-state index contributed by atoms with van der Waals surface area (Å²) in [4.78, 5) is 15.5. The van der Waals surface area contributed by atoms with Crippen molar-refractivity contribution < 1.29 is 14.3 Å². The van der Waals surface area contributed by atoms with Crippen LogP contribution in [0.4, 0.5) is 9.52 Å². The molecule has 0 fully saturated rings. The molecule has 1 aromatic heterocycles. The standard InChI is InChI=1S/C11H9FN2O2S/c1-13-11-14-8(10(15)16)9(17-11)6-2-4-7(12)5-3-6/h2-5H,1H3,(H,13,14)(H,15,16). The van der Waals surface area contributed by atoms with Gasteiger partial charge < -0.3 is 10.4 Å². The van der Waals surface area contributed by atoms with Crippen molar-refractivity contribution in [3.63, 3.8) is 0 Å². The third-order valence-electron chi connectivity index (χ3n) is 2.15. The predicted molar refractivity (Wildman–Crippen MR) is 64.0 cm³/mol. The fourth-order valence-electron chi connectivity index (χ4n) is 1.37. The number of hydrogen-bond acceptors (Lipinski definition) is 4. The summed E-state index contributed by atoms with van der Waals surface area (Å²) >= 11 is 1.22. The lowest BCUT2D eigenvalue weighted by atomic mass is 10.1. The molecule has 4 nitrogen and oxygen atoms in total. The van der Waals surface area contributed by atoms with Gasteiger partial charge in [0.05, 0.1) is 4.88 Å². The highest BCUT2D eigenvalue weighted by Gasteiger charge is 2.18. The Kier molecular flexibility index (Phi) is 3.06. The smallest absolute Gasteiger partial charge is 0.356 e. The molecule has 0 unspecified atom stereocenters. The first-order chi connectivity index (χ1) is 8.11. The second-order valence-corrected chi connectivity index (χ2v) is 4.26. The maximum atomic E-state index is 12.8. The molecule has 0 atom stereocenters. The Bertz CT molecular complexity index is 551. The van der Waals surface area contributed by atoms with E-state index in [9.17, 15) is 9.18 Å². The number of rotatable bonds is 3. The summed E-state index contributed by atoms with van der Waals surface area (Å²) in [5.41, 5.74) is 0.619. The molecule has 0 aliphatic carbocycles. The number of thiazole rings is 1. The van der Waals surface area contributed by atoms with E-state index in [1.54, 1.807) is 7.05 Å². The average molecular weight is 252 g/mol. The Labute approximate surface area is 101 Å². The molecule has 0 aliphatic heterocycles. The van der Waals surface area contributed by atoms with Gasteiger partial charge in [-0.3, -0.25) is 0 Å². The second-order valence-electron chi connectivity index (χ2n) is 3.26. The van der Waals surface area contributed by atoms with Gasteiger partial charge in [-0.05, 0) is 17.7 Å². The molecule has 0 amide bonds. The summed E-state index contributed by atoms with van der Waals surface area (Å²) in [5.74, 6) is -1.45. The van der Waals surface area contributed by atoms with Crippen molar-refractivity contribution in [2.75, 3.05) is 12.4 Å². The molecule has 0 saturated carbocycles. The zero-order valence-corrected chi connectivity index (χ0v) is 9.71. The number of hydrogen-bond donors (Lipinski definition) is 2. The molecular formula is C11H9FN2O2S. The van der Waals surface area contributed by atoms with Crippen LogP contribution in [0.25, 0.3) is 10.4 Å². The number of carbonyl (C=O) groups is 1. The number of anilines is 1. The largest absolute Gasteiger partial charge is 0.476 e. The summed E-state index contributed by atoms with van der Waals surface area (Å²) in [6.07, 6.45) is 0. The number of halogens is 1. The van der Waals surface area contributed by atoms with E-state index < -0.39 is 5.97 Å². The van der Waals surface area contributed by atoms with Crippen LogP contribution in [0.15, 0.2) is 24.3 Å². The summed E-state index contributed by atoms with van der Waals surface area (Å²) < 4.78 is 12.8. The summed E-state index contributed by atoms with van der Waals surface area (Å²) in [6.45, 7) is 0. The Hall–Kier alpha value is -1.95. The van der Waals surface area contributed by atoms with E-state index in [-0.39, 0.29) is 11.5 Å². The summed E-state index contributed by atoms with van der Waals surface area (Å²) in [7, 11) is 1.67. The van der Waals surface area contributed by atoms with E-state index in [4.69, 9.17) is 5.11 Å². The van der Waals surface area contributed by atoms with Gasteiger partial charge >= 0.3 is 5.97 Å². The molecule has 6 heteroatoms. The maximum absolute atomic E-state index is 12.8. The van der Waals surface area contributed by atoms with Crippen molar-refractivity contribution >= 4 is 22.4 Å². The molecule has 17 heavy (non-hydrogen) atoms. The molecule has 0 aliphatic rings. The van der Waals surface area contributed by atoms with Gasteiger partial charge in [-0.15, -0.1) is 0 Å². The molecule has 1 aromatic carbocycles. The van der Waals surface area contributed by atoms with E-state index in [1.807, 2.05) is 0 Å². The van der Waals surface area contributed by atoms with Gasteiger partial charge in [0.2, 0.25) is 0 Å². The first kappa shape index (κ1) is 11.5. The van der Waals surface area contributed by atoms with Gasteiger partial charge in [-0.2, -0.15) is 0 Å². The molecule has 0 radical (unpaired) electrons. The van der Waals surface area contributed by atoms with E-state index in [0.717, 1.165) is 0 Å². The van der Waals surface area contributed by atoms with Crippen molar-refractivity contribution in [2.24, 2.45) is 0 Å². The van der Waals surface area contributed by atoms with Crippen LogP contribution in [0.1, 0.15) is 10.5 Å². The van der Waals surface area contributed by atoms with Crippen LogP contribution >= 0.6 is 11.3 Å². The highest BCUT2D eigenvalue weighted by Crippen LogP contribution is 2.32. The van der Waals surface area contributed by atoms with E-state index in [0.29, 0.717) is 15.6 Å². The van der Waals surface area contributed by atoms with E-state index in [2.05, 4.69) is 10.3 Å². The van der Waals surface area contributed by atoms with Crippen LogP contribution in [0.2, 0.25) is 0 Å². The zero-order chi connectivity index (χ0) is 12.4. The van der Waals surface area contributed by atoms with Crippen molar-refractivity contribution in [2.45, 2.75) is 0 Å². The summed E-state index contributed by atoms with van der Waals surface area (Å²) in [5, 5.41) is 12.3. The van der Waals surface area contributed by atoms with Gasteiger partial charge in [0.1, 0.15) is 5.82 Å². The van der Waals surface area contributed by atoms with Crippen LogP contribution in [0.5, 0.6) is 0 Å². The number of aromatic carboxylic acids is 1. The van der Waals surface area contributed by atoms with Gasteiger partial charge in [-0.1, -0.05) is 23.5 Å². The zero-order valence-electron chi connectivity index (χ0n) is 8.90. The van der Waals surface area contributed by atoms with Crippen LogP contribution < -0.4 is 5.32 Å². The monoisotopic (exact) mass is 252 g/mol. The van der Waals surface area contributed by atoms with Crippen LogP contribution in [-0.4, -0.2) is 23.1 Å². The molecule has 88 valence electrons. The third-order valence-corrected chi connectivity index (χ3v) is 3.27. The highest BCUT2D eigenvalue weighted by atomic mass is 32.1. The van der Waals surface area contributed by atoms with Gasteiger partial charge in [0.15, 0.2) is 10.8 Å². The molecule has 0 saturated heterocycles. The number of nitrogens with one attached hydrogen (secondary N) is 1. The predicted octanol–water partition coefficient (Wildman–Crippen LogP) is 2.69. The van der Waals surface area contributed by atoms with Crippen molar-refractivity contribution in [3.8, 4) is 10.4 Å². The van der Waals surface area contributed by atoms with Crippen molar-refractivity contribution in [1.29, 1.82) is 0 Å². The number of benzene rings is 1. The fraction of sp³-hybridized carbons (Fsp3) is 0.0909. The Balaban J connectivity index is 2.53. The molecule has 2 rings (SSSR count). The van der Waals surface area contributed by atoms with E-state index in [1.165, 1.54) is 35.6 Å². The average Bonchev–Trinajstić information content (AvgIpc) is 2.74. The Morgan fingerprint density at radius 3 is 2.59 bits per heavy atom. The van der Waals surface area contributed by atoms with Crippen LogP contribution in [0, 0.1) is 5.82 Å². The quantitative estimate of drug-likeness (QED) is 0.881. The third kappa shape index (κ3) is 2.26. The minimum atomic E-state index is -1.10. The topological polar surface area (TPSA) is 62.2 Å². The number of nitrogens with zero attached hydrogens (tertiary/aromatic N) is 1. The number of carboxylic acid groups (broad SMARTS) is 1. The van der Waals surface area contributed by atoms with Gasteiger partial charge in [-0.25, -0.2) is 14.2 Å². The molecule has 2 aromatic rings. The van der Waals surface area contributed by atoms with Gasteiger partial charge in [0, 0.05) is 7.05 Å². The Morgan fingerprint density at radius 2 is 2.06 bits per heavy atom. The lowest BCUT2D eigenvalue weighted by Crippen LogP contribution is -1.99. The maximum Gasteiger partial charge on any atom is 0.356 e.